The Kier molecular flexibility index (Phi) is 7.50. The summed E-state index contributed by atoms with van der Waals surface area (Å²) >= 11 is 0. The summed E-state index contributed by atoms with van der Waals surface area (Å²) in [7, 11) is 0. The van der Waals surface area contributed by atoms with Gasteiger partial charge in [-0.2, -0.15) is 0 Å². The molecule has 0 amide bonds. The molecule has 13 aromatic rings. The van der Waals surface area contributed by atoms with Crippen LogP contribution in [0.15, 0.2) is 217 Å². The largest absolute Gasteiger partial charge is 0.454 e. The summed E-state index contributed by atoms with van der Waals surface area (Å²) in [5.41, 5.74) is 13.5. The highest BCUT2D eigenvalue weighted by atomic mass is 16.3. The lowest BCUT2D eigenvalue weighted by Crippen LogP contribution is -2.02. The van der Waals surface area contributed by atoms with E-state index in [-0.39, 0.29) is 0 Å². The Bertz CT molecular complexity index is 3870. The predicted molar refractivity (Wildman–Crippen MR) is 254 cm³/mol. The molecule has 4 heterocycles. The second-order valence-electron chi connectivity index (χ2n) is 15.8. The van der Waals surface area contributed by atoms with E-state index in [1.807, 2.05) is 30.3 Å². The molecule has 6 heteroatoms. The molecule has 0 unspecified atom stereocenters. The maximum Gasteiger partial charge on any atom is 0.171 e. The fraction of sp³-hybridized carbons (Fsp3) is 0. The maximum absolute atomic E-state index is 6.73. The van der Waals surface area contributed by atoms with Crippen LogP contribution in [-0.2, 0) is 0 Å². The van der Waals surface area contributed by atoms with Gasteiger partial charge in [-0.25, -0.2) is 0 Å². The van der Waals surface area contributed by atoms with Crippen molar-refractivity contribution >= 4 is 65.6 Å². The first-order valence-electron chi connectivity index (χ1n) is 20.9. The Labute approximate surface area is 355 Å². The van der Waals surface area contributed by atoms with Crippen LogP contribution in [0.2, 0.25) is 0 Å². The van der Waals surface area contributed by atoms with Crippen molar-refractivity contribution in [2.75, 3.05) is 0 Å². The zero-order valence-corrected chi connectivity index (χ0v) is 33.4. The molecule has 0 bridgehead atoms. The lowest BCUT2D eigenvalue weighted by Gasteiger charge is -2.16. The molecule has 0 N–H and O–H groups in total. The van der Waals surface area contributed by atoms with Gasteiger partial charge in [-0.15, -0.1) is 10.2 Å². The van der Waals surface area contributed by atoms with Gasteiger partial charge in [0.1, 0.15) is 5.58 Å². The summed E-state index contributed by atoms with van der Waals surface area (Å²) in [5, 5.41) is 16.7. The Hall–Kier alpha value is -8.48. The van der Waals surface area contributed by atoms with Crippen molar-refractivity contribution in [2.45, 2.75) is 0 Å². The molecule has 0 fully saturated rings. The highest BCUT2D eigenvalue weighted by molar-refractivity contribution is 6.22. The minimum Gasteiger partial charge on any atom is -0.454 e. The van der Waals surface area contributed by atoms with E-state index in [2.05, 4.69) is 196 Å². The van der Waals surface area contributed by atoms with Gasteiger partial charge in [0.05, 0.1) is 27.8 Å². The normalized spacial score (nSPS) is 11.9. The van der Waals surface area contributed by atoms with Crippen LogP contribution in [0.4, 0.5) is 0 Å². The smallest absolute Gasteiger partial charge is 0.171 e. The van der Waals surface area contributed by atoms with Gasteiger partial charge in [-0.3, -0.25) is 4.57 Å². The Morgan fingerprint density at radius 2 is 0.903 bits per heavy atom. The molecule has 4 aromatic heterocycles. The third-order valence-corrected chi connectivity index (χ3v) is 12.4. The van der Waals surface area contributed by atoms with Crippen molar-refractivity contribution in [2.24, 2.45) is 0 Å². The number of fused-ring (bicyclic) bond motifs is 10. The quantitative estimate of drug-likeness (QED) is 0.168. The molecule has 0 atom stereocenters. The van der Waals surface area contributed by atoms with Crippen molar-refractivity contribution in [1.82, 2.24) is 23.9 Å². The zero-order chi connectivity index (χ0) is 40.7. The van der Waals surface area contributed by atoms with Crippen LogP contribution >= 0.6 is 0 Å². The van der Waals surface area contributed by atoms with Crippen LogP contribution in [0.25, 0.3) is 117 Å². The van der Waals surface area contributed by atoms with Crippen LogP contribution in [0.3, 0.4) is 0 Å². The Balaban J connectivity index is 1.05. The molecule has 0 aliphatic heterocycles. The van der Waals surface area contributed by atoms with Gasteiger partial charge in [0, 0.05) is 60.4 Å². The molecule has 290 valence electrons. The van der Waals surface area contributed by atoms with E-state index in [9.17, 15) is 0 Å². The molecule has 0 spiro atoms. The second-order valence-corrected chi connectivity index (χ2v) is 15.8. The number of hydrogen-bond acceptors (Lipinski definition) is 3. The SMILES string of the molecule is c1ccc(-c2nnc(-c3cccc4c5ccccc5n(-c5cccc(-c6ccccc6-n6c7ccccc7c7ccc8c9ccccc9oc8c76)c5)c34)n2-c2ccccc2)cc1. The fourth-order valence-corrected chi connectivity index (χ4v) is 9.73. The average molecular weight is 794 g/mol. The van der Waals surface area contributed by atoms with Gasteiger partial charge in [-0.1, -0.05) is 152 Å². The van der Waals surface area contributed by atoms with Gasteiger partial charge in [-0.05, 0) is 66.2 Å². The monoisotopic (exact) mass is 793 g/mol. The van der Waals surface area contributed by atoms with Crippen LogP contribution < -0.4 is 0 Å². The van der Waals surface area contributed by atoms with E-state index in [0.29, 0.717) is 0 Å². The maximum atomic E-state index is 6.73. The van der Waals surface area contributed by atoms with E-state index in [0.717, 1.165) is 106 Å². The lowest BCUT2D eigenvalue weighted by molar-refractivity contribution is 0.671. The van der Waals surface area contributed by atoms with Crippen LogP contribution in [0.5, 0.6) is 0 Å². The van der Waals surface area contributed by atoms with E-state index in [4.69, 9.17) is 14.6 Å². The molecular weight excluding hydrogens is 759 g/mol. The average Bonchev–Trinajstić information content (AvgIpc) is 4.12. The first kappa shape index (κ1) is 34.4. The summed E-state index contributed by atoms with van der Waals surface area (Å²) < 4.78 is 13.7. The molecule has 6 nitrogen and oxygen atoms in total. The number of benzene rings is 9. The number of hydrogen-bond donors (Lipinski definition) is 0. The molecule has 0 saturated carbocycles. The number of furan rings is 1. The van der Waals surface area contributed by atoms with Gasteiger partial charge in [0.25, 0.3) is 0 Å². The minimum atomic E-state index is 0.773. The molecule has 0 aliphatic rings. The lowest BCUT2D eigenvalue weighted by atomic mass is 10.0. The van der Waals surface area contributed by atoms with Gasteiger partial charge in [0.2, 0.25) is 0 Å². The van der Waals surface area contributed by atoms with Crippen molar-refractivity contribution in [1.29, 1.82) is 0 Å². The second kappa shape index (κ2) is 13.5. The number of para-hydroxylation sites is 6. The molecule has 0 saturated heterocycles. The number of rotatable bonds is 6. The standard InChI is InChI=1S/C56H35N5O/c1-3-17-36(18-4-1)55-57-58-56(60(55)38-20-5-2-6-21-38)47-28-16-27-44-41-24-8-12-30-49(41)59(52(44)47)39-22-15-19-37(35-39)40-23-7-11-29-48(40)61-50-31-13-9-25-42(50)45-33-34-46-43-26-10-14-32-51(43)62-54(46)53(45)61/h1-35H. The third kappa shape index (κ3) is 5.04. The van der Waals surface area contributed by atoms with Crippen molar-refractivity contribution in [3.63, 3.8) is 0 Å². The Morgan fingerprint density at radius 1 is 0.339 bits per heavy atom. The van der Waals surface area contributed by atoms with Crippen molar-refractivity contribution in [3.05, 3.63) is 212 Å². The van der Waals surface area contributed by atoms with Gasteiger partial charge >= 0.3 is 0 Å². The van der Waals surface area contributed by atoms with Crippen LogP contribution in [-0.4, -0.2) is 23.9 Å². The van der Waals surface area contributed by atoms with E-state index in [1.54, 1.807) is 0 Å². The summed E-state index contributed by atoms with van der Waals surface area (Å²) in [6.07, 6.45) is 0. The van der Waals surface area contributed by atoms with Gasteiger partial charge < -0.3 is 13.6 Å². The van der Waals surface area contributed by atoms with Crippen LogP contribution in [0, 0.1) is 0 Å². The summed E-state index contributed by atoms with van der Waals surface area (Å²) in [4.78, 5) is 0. The zero-order valence-electron chi connectivity index (χ0n) is 33.4. The molecule has 62 heavy (non-hydrogen) atoms. The topological polar surface area (TPSA) is 53.7 Å². The molecule has 0 radical (unpaired) electrons. The fourth-order valence-electron chi connectivity index (χ4n) is 9.73. The van der Waals surface area contributed by atoms with E-state index >= 15 is 0 Å². The number of aromatic nitrogens is 5. The van der Waals surface area contributed by atoms with Crippen molar-refractivity contribution in [3.8, 4) is 51.0 Å². The Morgan fingerprint density at radius 3 is 1.73 bits per heavy atom. The van der Waals surface area contributed by atoms with Gasteiger partial charge in [0.15, 0.2) is 17.2 Å². The number of nitrogens with zero attached hydrogens (tertiary/aromatic N) is 5. The molecular formula is C56H35N5O. The highest BCUT2D eigenvalue weighted by Crippen LogP contribution is 2.44. The molecule has 9 aromatic carbocycles. The first-order valence-corrected chi connectivity index (χ1v) is 20.9. The molecule has 0 aliphatic carbocycles. The summed E-state index contributed by atoms with van der Waals surface area (Å²) in [6, 6.07) is 75.0. The third-order valence-electron chi connectivity index (χ3n) is 12.4. The van der Waals surface area contributed by atoms with E-state index < -0.39 is 0 Å². The van der Waals surface area contributed by atoms with E-state index in [1.165, 1.54) is 10.8 Å². The predicted octanol–water partition coefficient (Wildman–Crippen LogP) is 14.4. The minimum absolute atomic E-state index is 0.773. The first-order chi connectivity index (χ1) is 30.8. The van der Waals surface area contributed by atoms with Crippen LogP contribution in [0.1, 0.15) is 0 Å². The summed E-state index contributed by atoms with van der Waals surface area (Å²) in [5.74, 6) is 1.56. The van der Waals surface area contributed by atoms with Crippen molar-refractivity contribution < 1.29 is 4.42 Å². The summed E-state index contributed by atoms with van der Waals surface area (Å²) in [6.45, 7) is 0. The highest BCUT2D eigenvalue weighted by Gasteiger charge is 2.24. The molecule has 13 rings (SSSR count).